The Labute approximate surface area is 128 Å². The summed E-state index contributed by atoms with van der Waals surface area (Å²) in [5, 5.41) is 3.22. The van der Waals surface area contributed by atoms with Crippen LogP contribution in [-0.4, -0.2) is 19.3 Å². The zero-order valence-electron chi connectivity index (χ0n) is 13.4. The highest BCUT2D eigenvalue weighted by Crippen LogP contribution is 2.35. The number of hydrogen-bond donors (Lipinski definition) is 1. The molecule has 0 heterocycles. The van der Waals surface area contributed by atoms with Gasteiger partial charge in [-0.05, 0) is 48.8 Å². The highest BCUT2D eigenvalue weighted by Gasteiger charge is 2.31. The maximum atomic E-state index is 13.1. The first-order chi connectivity index (χ1) is 10.1. The summed E-state index contributed by atoms with van der Waals surface area (Å²) in [6, 6.07) is 6.57. The van der Waals surface area contributed by atoms with Crippen LogP contribution in [0.15, 0.2) is 24.3 Å². The van der Waals surface area contributed by atoms with Gasteiger partial charge in [-0.3, -0.25) is 0 Å². The first-order valence-electron chi connectivity index (χ1n) is 8.17. The Kier molecular flexibility index (Phi) is 6.04. The van der Waals surface area contributed by atoms with Gasteiger partial charge in [0.1, 0.15) is 5.82 Å². The van der Waals surface area contributed by atoms with E-state index in [4.69, 9.17) is 4.74 Å². The summed E-state index contributed by atoms with van der Waals surface area (Å²) in [4.78, 5) is 0. The van der Waals surface area contributed by atoms with Crippen molar-refractivity contribution in [2.45, 2.75) is 46.1 Å². The molecule has 21 heavy (non-hydrogen) atoms. The second-order valence-electron chi connectivity index (χ2n) is 6.67. The van der Waals surface area contributed by atoms with Gasteiger partial charge in [-0.15, -0.1) is 0 Å². The number of benzene rings is 1. The Morgan fingerprint density at radius 1 is 1.33 bits per heavy atom. The van der Waals surface area contributed by atoms with E-state index in [9.17, 15) is 4.39 Å². The molecule has 1 aromatic rings. The summed E-state index contributed by atoms with van der Waals surface area (Å²) in [5.74, 6) is 1.91. The number of ether oxygens (including phenoxy) is 1. The molecule has 0 radical (unpaired) electrons. The standard InChI is InChI=1S/C18H28FNO/c1-13(2)17-8-7-14(3)11-18(17)21-10-9-20-16-6-4-5-15(19)12-16/h4-6,12-14,17-18,20H,7-11H2,1-3H3. The summed E-state index contributed by atoms with van der Waals surface area (Å²) in [6.07, 6.45) is 4.15. The molecule has 1 fully saturated rings. The van der Waals surface area contributed by atoms with E-state index in [0.717, 1.165) is 18.2 Å². The molecule has 3 atom stereocenters. The third-order valence-corrected chi connectivity index (χ3v) is 4.55. The van der Waals surface area contributed by atoms with Crippen molar-refractivity contribution in [2.75, 3.05) is 18.5 Å². The van der Waals surface area contributed by atoms with Crippen LogP contribution >= 0.6 is 0 Å². The second-order valence-corrected chi connectivity index (χ2v) is 6.67. The lowest BCUT2D eigenvalue weighted by Gasteiger charge is -2.37. The maximum absolute atomic E-state index is 13.1. The van der Waals surface area contributed by atoms with Gasteiger partial charge >= 0.3 is 0 Å². The van der Waals surface area contributed by atoms with E-state index in [1.807, 2.05) is 6.07 Å². The van der Waals surface area contributed by atoms with E-state index in [-0.39, 0.29) is 5.82 Å². The monoisotopic (exact) mass is 293 g/mol. The van der Waals surface area contributed by atoms with Crippen LogP contribution in [0.2, 0.25) is 0 Å². The quantitative estimate of drug-likeness (QED) is 0.767. The Bertz CT molecular complexity index is 435. The van der Waals surface area contributed by atoms with Gasteiger partial charge in [-0.1, -0.05) is 33.3 Å². The molecule has 0 saturated heterocycles. The van der Waals surface area contributed by atoms with Gasteiger partial charge in [-0.2, -0.15) is 0 Å². The lowest BCUT2D eigenvalue weighted by molar-refractivity contribution is -0.0340. The molecular formula is C18H28FNO. The van der Waals surface area contributed by atoms with Gasteiger partial charge in [0.25, 0.3) is 0 Å². The van der Waals surface area contributed by atoms with E-state index in [1.165, 1.54) is 31.4 Å². The molecule has 2 nitrogen and oxygen atoms in total. The van der Waals surface area contributed by atoms with E-state index in [2.05, 4.69) is 26.1 Å². The van der Waals surface area contributed by atoms with Crippen molar-refractivity contribution in [2.24, 2.45) is 17.8 Å². The SMILES string of the molecule is CC1CCC(C(C)C)C(OCCNc2cccc(F)c2)C1. The highest BCUT2D eigenvalue weighted by molar-refractivity contribution is 5.42. The van der Waals surface area contributed by atoms with Crippen molar-refractivity contribution in [1.29, 1.82) is 0 Å². The van der Waals surface area contributed by atoms with Gasteiger partial charge in [0.2, 0.25) is 0 Å². The van der Waals surface area contributed by atoms with Crippen LogP contribution in [0.1, 0.15) is 40.0 Å². The van der Waals surface area contributed by atoms with Crippen LogP contribution in [-0.2, 0) is 4.74 Å². The molecule has 3 heteroatoms. The van der Waals surface area contributed by atoms with E-state index < -0.39 is 0 Å². The molecule has 1 saturated carbocycles. The molecule has 2 rings (SSSR count). The number of anilines is 1. The van der Waals surface area contributed by atoms with Crippen molar-refractivity contribution < 1.29 is 9.13 Å². The van der Waals surface area contributed by atoms with Crippen LogP contribution in [0.4, 0.5) is 10.1 Å². The Morgan fingerprint density at radius 2 is 2.14 bits per heavy atom. The second kappa shape index (κ2) is 7.79. The topological polar surface area (TPSA) is 21.3 Å². The largest absolute Gasteiger partial charge is 0.383 e. The predicted molar refractivity (Wildman–Crippen MR) is 86.0 cm³/mol. The van der Waals surface area contributed by atoms with E-state index >= 15 is 0 Å². The van der Waals surface area contributed by atoms with Gasteiger partial charge in [0, 0.05) is 12.2 Å². The highest BCUT2D eigenvalue weighted by atomic mass is 19.1. The summed E-state index contributed by atoms with van der Waals surface area (Å²) >= 11 is 0. The molecule has 1 aliphatic carbocycles. The van der Waals surface area contributed by atoms with Crippen LogP contribution < -0.4 is 5.32 Å². The van der Waals surface area contributed by atoms with Crippen LogP contribution in [0, 0.1) is 23.6 Å². The molecule has 118 valence electrons. The predicted octanol–water partition coefficient (Wildman–Crippen LogP) is 4.72. The fourth-order valence-electron chi connectivity index (χ4n) is 3.31. The molecule has 1 N–H and O–H groups in total. The Balaban J connectivity index is 1.76. The number of nitrogens with one attached hydrogen (secondary N) is 1. The minimum absolute atomic E-state index is 0.207. The number of rotatable bonds is 6. The van der Waals surface area contributed by atoms with Gasteiger partial charge < -0.3 is 10.1 Å². The Hall–Kier alpha value is -1.09. The van der Waals surface area contributed by atoms with Crippen molar-refractivity contribution in [1.82, 2.24) is 0 Å². The van der Waals surface area contributed by atoms with Crippen LogP contribution in [0.25, 0.3) is 0 Å². The molecule has 0 bridgehead atoms. The smallest absolute Gasteiger partial charge is 0.125 e. The molecule has 1 aromatic carbocycles. The Morgan fingerprint density at radius 3 is 2.86 bits per heavy atom. The van der Waals surface area contributed by atoms with Crippen molar-refractivity contribution in [3.63, 3.8) is 0 Å². The lowest BCUT2D eigenvalue weighted by Crippen LogP contribution is -2.35. The number of halogens is 1. The molecular weight excluding hydrogens is 265 g/mol. The zero-order chi connectivity index (χ0) is 15.2. The van der Waals surface area contributed by atoms with Gasteiger partial charge in [-0.25, -0.2) is 4.39 Å². The fourth-order valence-corrected chi connectivity index (χ4v) is 3.31. The summed E-state index contributed by atoms with van der Waals surface area (Å²) < 4.78 is 19.2. The first-order valence-corrected chi connectivity index (χ1v) is 8.17. The normalized spacial score (nSPS) is 26.0. The van der Waals surface area contributed by atoms with Crippen LogP contribution in [0.5, 0.6) is 0 Å². The van der Waals surface area contributed by atoms with Crippen molar-refractivity contribution in [3.05, 3.63) is 30.1 Å². The summed E-state index contributed by atoms with van der Waals surface area (Å²) in [7, 11) is 0. The molecule has 3 unspecified atom stereocenters. The van der Waals surface area contributed by atoms with Crippen molar-refractivity contribution >= 4 is 5.69 Å². The average Bonchev–Trinajstić information content (AvgIpc) is 2.43. The van der Waals surface area contributed by atoms with Gasteiger partial charge in [0.05, 0.1) is 12.7 Å². The fraction of sp³-hybridized carbons (Fsp3) is 0.667. The minimum Gasteiger partial charge on any atom is -0.383 e. The molecule has 1 aliphatic rings. The van der Waals surface area contributed by atoms with E-state index in [0.29, 0.717) is 24.5 Å². The first kappa shape index (κ1) is 16.3. The lowest BCUT2D eigenvalue weighted by atomic mass is 9.75. The van der Waals surface area contributed by atoms with Crippen LogP contribution in [0.3, 0.4) is 0 Å². The third-order valence-electron chi connectivity index (χ3n) is 4.55. The molecule has 0 aliphatic heterocycles. The summed E-state index contributed by atoms with van der Waals surface area (Å²) in [5.41, 5.74) is 0.816. The van der Waals surface area contributed by atoms with E-state index in [1.54, 1.807) is 6.07 Å². The number of hydrogen-bond acceptors (Lipinski definition) is 2. The zero-order valence-corrected chi connectivity index (χ0v) is 13.4. The van der Waals surface area contributed by atoms with Gasteiger partial charge in [0.15, 0.2) is 0 Å². The van der Waals surface area contributed by atoms with Crippen molar-refractivity contribution in [3.8, 4) is 0 Å². The average molecular weight is 293 g/mol. The molecule has 0 spiro atoms. The molecule has 0 amide bonds. The third kappa shape index (κ3) is 4.99. The minimum atomic E-state index is -0.207. The summed E-state index contributed by atoms with van der Waals surface area (Å²) in [6.45, 7) is 8.30. The maximum Gasteiger partial charge on any atom is 0.125 e. The molecule has 0 aromatic heterocycles.